The highest BCUT2D eigenvalue weighted by Gasteiger charge is 2.17. The molecule has 1 nitrogen and oxygen atoms in total. The third-order valence-corrected chi connectivity index (χ3v) is 4.69. The van der Waals surface area contributed by atoms with E-state index >= 15 is 0 Å². The van der Waals surface area contributed by atoms with Gasteiger partial charge in [0.15, 0.2) is 0 Å². The van der Waals surface area contributed by atoms with Gasteiger partial charge in [0.25, 0.3) is 0 Å². The lowest BCUT2D eigenvalue weighted by Gasteiger charge is -2.19. The molecule has 0 fully saturated rings. The Labute approximate surface area is 134 Å². The third kappa shape index (κ3) is 3.77. The van der Waals surface area contributed by atoms with Crippen molar-refractivity contribution in [1.29, 1.82) is 0 Å². The molecule has 2 rings (SSSR count). The second-order valence-corrected chi connectivity index (χ2v) is 6.29. The first kappa shape index (κ1) is 15.4. The van der Waals surface area contributed by atoms with Crippen molar-refractivity contribution in [3.8, 4) is 5.75 Å². The fourth-order valence-corrected chi connectivity index (χ4v) is 3.10. The van der Waals surface area contributed by atoms with Gasteiger partial charge in [-0.1, -0.05) is 43.3 Å². The van der Waals surface area contributed by atoms with Gasteiger partial charge in [-0.2, -0.15) is 0 Å². The molecule has 2 aromatic rings. The maximum Gasteiger partial charge on any atom is 0.133 e. The van der Waals surface area contributed by atoms with Gasteiger partial charge in [-0.3, -0.25) is 0 Å². The molecular weight excluding hydrogens is 336 g/mol. The molecule has 0 aliphatic heterocycles. The zero-order valence-electron chi connectivity index (χ0n) is 11.6. The highest BCUT2D eigenvalue weighted by atomic mass is 79.9. The molecule has 3 heteroatoms. The molecule has 0 aromatic heterocycles. The van der Waals surface area contributed by atoms with Gasteiger partial charge < -0.3 is 4.74 Å². The highest BCUT2D eigenvalue weighted by Crippen LogP contribution is 2.33. The van der Waals surface area contributed by atoms with E-state index in [1.54, 1.807) is 7.11 Å². The largest absolute Gasteiger partial charge is 0.496 e. The number of alkyl halides is 1. The quantitative estimate of drug-likeness (QED) is 0.634. The Morgan fingerprint density at radius 1 is 1.15 bits per heavy atom. The number of benzene rings is 2. The molecule has 0 heterocycles. The van der Waals surface area contributed by atoms with E-state index in [1.807, 2.05) is 24.3 Å². The summed E-state index contributed by atoms with van der Waals surface area (Å²) >= 11 is 10.1. The van der Waals surface area contributed by atoms with Gasteiger partial charge in [0.05, 0.1) is 17.0 Å². The van der Waals surface area contributed by atoms with Crippen LogP contribution in [0.5, 0.6) is 5.75 Å². The van der Waals surface area contributed by atoms with Crippen LogP contribution in [0.1, 0.15) is 23.4 Å². The summed E-state index contributed by atoms with van der Waals surface area (Å²) in [5.74, 6) is 1.21. The molecule has 0 N–H and O–H groups in total. The van der Waals surface area contributed by atoms with E-state index in [0.717, 1.165) is 16.6 Å². The van der Waals surface area contributed by atoms with Crippen LogP contribution in [0, 0.1) is 5.92 Å². The molecule has 20 heavy (non-hydrogen) atoms. The van der Waals surface area contributed by atoms with Crippen molar-refractivity contribution in [1.82, 2.24) is 0 Å². The Kier molecular flexibility index (Phi) is 5.50. The summed E-state index contributed by atoms with van der Waals surface area (Å²) in [7, 11) is 1.67. The summed E-state index contributed by atoms with van der Waals surface area (Å²) in [6.07, 6.45) is 0.936. The monoisotopic (exact) mass is 352 g/mol. The van der Waals surface area contributed by atoms with E-state index in [9.17, 15) is 0 Å². The summed E-state index contributed by atoms with van der Waals surface area (Å²) < 4.78 is 6.23. The van der Waals surface area contributed by atoms with Gasteiger partial charge in [0, 0.05) is 0 Å². The molecule has 0 aliphatic rings. The van der Waals surface area contributed by atoms with Crippen LogP contribution in [-0.4, -0.2) is 7.11 Å². The SMILES string of the molecule is COc1ccc(CC(C)C(Cl)c2ccccc2)cc1Br. The van der Waals surface area contributed by atoms with Crippen molar-refractivity contribution >= 4 is 27.5 Å². The zero-order valence-corrected chi connectivity index (χ0v) is 14.0. The number of halogens is 2. The molecule has 2 unspecified atom stereocenters. The first-order valence-electron chi connectivity index (χ1n) is 6.63. The molecule has 0 radical (unpaired) electrons. The van der Waals surface area contributed by atoms with E-state index in [-0.39, 0.29) is 5.38 Å². The molecule has 0 spiro atoms. The van der Waals surface area contributed by atoms with Crippen LogP contribution in [0.15, 0.2) is 53.0 Å². The lowest BCUT2D eigenvalue weighted by molar-refractivity contribution is 0.412. The summed E-state index contributed by atoms with van der Waals surface area (Å²) in [4.78, 5) is 0. The van der Waals surface area contributed by atoms with Crippen LogP contribution in [0.4, 0.5) is 0 Å². The second-order valence-electron chi connectivity index (χ2n) is 4.96. The number of rotatable bonds is 5. The normalized spacial score (nSPS) is 13.8. The molecule has 0 saturated heterocycles. The van der Waals surface area contributed by atoms with Crippen molar-refractivity contribution in [2.45, 2.75) is 18.7 Å². The maximum absolute atomic E-state index is 6.57. The lowest BCUT2D eigenvalue weighted by Crippen LogP contribution is -2.07. The Bertz CT molecular complexity index is 556. The average Bonchev–Trinajstić information content (AvgIpc) is 2.47. The highest BCUT2D eigenvalue weighted by molar-refractivity contribution is 9.10. The van der Waals surface area contributed by atoms with Crippen LogP contribution < -0.4 is 4.74 Å². The van der Waals surface area contributed by atoms with E-state index in [2.05, 4.69) is 47.1 Å². The smallest absolute Gasteiger partial charge is 0.133 e. The Morgan fingerprint density at radius 3 is 2.45 bits per heavy atom. The number of hydrogen-bond acceptors (Lipinski definition) is 1. The van der Waals surface area contributed by atoms with Gasteiger partial charge in [-0.15, -0.1) is 11.6 Å². The van der Waals surface area contributed by atoms with Crippen molar-refractivity contribution in [2.24, 2.45) is 5.92 Å². The molecule has 0 aliphatic carbocycles. The standard InChI is InChI=1S/C17H18BrClO/c1-12(17(19)14-6-4-3-5-7-14)10-13-8-9-16(20-2)15(18)11-13/h3-9,11-12,17H,10H2,1-2H3. The van der Waals surface area contributed by atoms with Crippen molar-refractivity contribution < 1.29 is 4.74 Å². The Balaban J connectivity index is 2.08. The zero-order chi connectivity index (χ0) is 14.5. The van der Waals surface area contributed by atoms with Crippen LogP contribution in [-0.2, 0) is 6.42 Å². The number of methoxy groups -OCH3 is 1. The van der Waals surface area contributed by atoms with Crippen LogP contribution in [0.2, 0.25) is 0 Å². The van der Waals surface area contributed by atoms with Gasteiger partial charge in [-0.25, -0.2) is 0 Å². The van der Waals surface area contributed by atoms with E-state index in [1.165, 1.54) is 11.1 Å². The average molecular weight is 354 g/mol. The molecule has 0 amide bonds. The fraction of sp³-hybridized carbons (Fsp3) is 0.294. The molecule has 2 aromatic carbocycles. The molecule has 0 saturated carbocycles. The van der Waals surface area contributed by atoms with E-state index < -0.39 is 0 Å². The Morgan fingerprint density at radius 2 is 1.85 bits per heavy atom. The van der Waals surface area contributed by atoms with Crippen LogP contribution >= 0.6 is 27.5 Å². The minimum atomic E-state index is 0.0251. The van der Waals surface area contributed by atoms with Crippen LogP contribution in [0.25, 0.3) is 0 Å². The van der Waals surface area contributed by atoms with E-state index in [0.29, 0.717) is 5.92 Å². The minimum absolute atomic E-state index is 0.0251. The number of ether oxygens (including phenoxy) is 1. The molecule has 0 bridgehead atoms. The summed E-state index contributed by atoms with van der Waals surface area (Å²) in [5, 5.41) is 0.0251. The van der Waals surface area contributed by atoms with Crippen molar-refractivity contribution in [3.05, 3.63) is 64.1 Å². The van der Waals surface area contributed by atoms with Crippen LogP contribution in [0.3, 0.4) is 0 Å². The topological polar surface area (TPSA) is 9.23 Å². The summed E-state index contributed by atoms with van der Waals surface area (Å²) in [6, 6.07) is 16.4. The molecular formula is C17H18BrClO. The van der Waals surface area contributed by atoms with Gasteiger partial charge in [-0.05, 0) is 51.5 Å². The first-order valence-corrected chi connectivity index (χ1v) is 7.86. The van der Waals surface area contributed by atoms with Gasteiger partial charge in [0.1, 0.15) is 5.75 Å². The number of hydrogen-bond donors (Lipinski definition) is 0. The second kappa shape index (κ2) is 7.14. The molecule has 2 atom stereocenters. The summed E-state index contributed by atoms with van der Waals surface area (Å²) in [5.41, 5.74) is 2.43. The predicted octanol–water partition coefficient (Wildman–Crippen LogP) is 5.62. The third-order valence-electron chi connectivity index (χ3n) is 3.39. The minimum Gasteiger partial charge on any atom is -0.496 e. The molecule has 106 valence electrons. The van der Waals surface area contributed by atoms with E-state index in [4.69, 9.17) is 16.3 Å². The van der Waals surface area contributed by atoms with Gasteiger partial charge in [0.2, 0.25) is 0 Å². The fourth-order valence-electron chi connectivity index (χ4n) is 2.28. The first-order chi connectivity index (χ1) is 9.61. The van der Waals surface area contributed by atoms with Crippen molar-refractivity contribution in [3.63, 3.8) is 0 Å². The summed E-state index contributed by atoms with van der Waals surface area (Å²) in [6.45, 7) is 2.18. The Hall–Kier alpha value is -0.990. The predicted molar refractivity (Wildman–Crippen MR) is 88.6 cm³/mol. The maximum atomic E-state index is 6.57. The van der Waals surface area contributed by atoms with Gasteiger partial charge >= 0.3 is 0 Å². The van der Waals surface area contributed by atoms with Crippen molar-refractivity contribution in [2.75, 3.05) is 7.11 Å². The lowest BCUT2D eigenvalue weighted by atomic mass is 9.94.